The molecule has 0 aromatic carbocycles. The van der Waals surface area contributed by atoms with Crippen LogP contribution in [0.5, 0.6) is 0 Å². The van der Waals surface area contributed by atoms with E-state index in [9.17, 15) is 0 Å². The summed E-state index contributed by atoms with van der Waals surface area (Å²) in [6, 6.07) is 0. The van der Waals surface area contributed by atoms with Crippen molar-refractivity contribution in [2.75, 3.05) is 13.2 Å². The third-order valence-electron chi connectivity index (χ3n) is 3.75. The number of nitrogens with zero attached hydrogens (tertiary/aromatic N) is 4. The highest BCUT2D eigenvalue weighted by atomic mass is 16.5. The van der Waals surface area contributed by atoms with Crippen molar-refractivity contribution in [1.29, 1.82) is 0 Å². The van der Waals surface area contributed by atoms with Gasteiger partial charge in [-0.3, -0.25) is 0 Å². The van der Waals surface area contributed by atoms with Crippen molar-refractivity contribution in [3.8, 4) is 0 Å². The van der Waals surface area contributed by atoms with Gasteiger partial charge in [0.15, 0.2) is 0 Å². The third-order valence-corrected chi connectivity index (χ3v) is 3.75. The van der Waals surface area contributed by atoms with E-state index in [1.165, 1.54) is 11.6 Å². The van der Waals surface area contributed by atoms with Crippen molar-refractivity contribution < 1.29 is 13.9 Å². The topological polar surface area (TPSA) is 26.8 Å². The van der Waals surface area contributed by atoms with Crippen molar-refractivity contribution in [1.82, 2.24) is 9.13 Å². The molecule has 0 aliphatic heterocycles. The molecule has 0 radical (unpaired) electrons. The number of hydrogen-bond acceptors (Lipinski definition) is 1. The zero-order valence-electron chi connectivity index (χ0n) is 12.3. The average molecular weight is 264 g/mol. The van der Waals surface area contributed by atoms with Crippen molar-refractivity contribution in [3.63, 3.8) is 0 Å². The van der Waals surface area contributed by atoms with Gasteiger partial charge in [-0.05, 0) is 0 Å². The van der Waals surface area contributed by atoms with Crippen molar-refractivity contribution in [2.45, 2.75) is 26.9 Å². The van der Waals surface area contributed by atoms with Crippen LogP contribution < -0.4 is 9.13 Å². The zero-order chi connectivity index (χ0) is 13.8. The Morgan fingerprint density at radius 1 is 0.895 bits per heavy atom. The van der Waals surface area contributed by atoms with E-state index in [4.69, 9.17) is 4.74 Å². The van der Waals surface area contributed by atoms with Crippen LogP contribution in [0, 0.1) is 13.8 Å². The lowest BCUT2D eigenvalue weighted by Crippen LogP contribution is -2.30. The van der Waals surface area contributed by atoms with E-state index < -0.39 is 0 Å². The fraction of sp³-hybridized carbons (Fsp3) is 0.571. The number of aryl methyl sites for hydroxylation is 2. The molecule has 0 bridgehead atoms. The zero-order valence-corrected chi connectivity index (χ0v) is 12.3. The molecule has 0 unspecified atom stereocenters. The molecule has 0 aliphatic rings. The molecule has 0 aliphatic carbocycles. The molecule has 2 aromatic rings. The van der Waals surface area contributed by atoms with Crippen molar-refractivity contribution in [3.05, 3.63) is 36.4 Å². The summed E-state index contributed by atoms with van der Waals surface area (Å²) in [6.07, 6.45) is 8.32. The van der Waals surface area contributed by atoms with Gasteiger partial charge >= 0.3 is 0 Å². The molecule has 0 atom stereocenters. The molecule has 0 saturated heterocycles. The van der Waals surface area contributed by atoms with Gasteiger partial charge in [0.1, 0.15) is 37.9 Å². The van der Waals surface area contributed by atoms with Crippen molar-refractivity contribution in [2.24, 2.45) is 14.1 Å². The Labute approximate surface area is 114 Å². The SMILES string of the molecule is Cc1n(CCOCCn2cc[n+](C)c2C)cc[n+]1C. The minimum Gasteiger partial charge on any atom is -0.373 e. The lowest BCUT2D eigenvalue weighted by atomic mass is 10.5. The van der Waals surface area contributed by atoms with E-state index in [2.05, 4.69) is 71.0 Å². The second-order valence-electron chi connectivity index (χ2n) is 4.91. The van der Waals surface area contributed by atoms with Gasteiger partial charge in [-0.1, -0.05) is 0 Å². The minimum absolute atomic E-state index is 0.752. The Hall–Kier alpha value is -1.62. The van der Waals surface area contributed by atoms with Crippen LogP contribution in [0.25, 0.3) is 0 Å². The van der Waals surface area contributed by atoms with Gasteiger partial charge in [0.25, 0.3) is 11.6 Å². The summed E-state index contributed by atoms with van der Waals surface area (Å²) < 4.78 is 14.4. The summed E-state index contributed by atoms with van der Waals surface area (Å²) in [4.78, 5) is 0. The highest BCUT2D eigenvalue weighted by Crippen LogP contribution is 1.95. The summed E-state index contributed by atoms with van der Waals surface area (Å²) in [7, 11) is 4.11. The summed E-state index contributed by atoms with van der Waals surface area (Å²) in [5, 5.41) is 0. The number of ether oxygens (including phenoxy) is 1. The van der Waals surface area contributed by atoms with Crippen molar-refractivity contribution >= 4 is 0 Å². The second kappa shape index (κ2) is 6.02. The van der Waals surface area contributed by atoms with Crippen LogP contribution in [0.1, 0.15) is 11.6 Å². The molecule has 0 amide bonds. The first-order valence-electron chi connectivity index (χ1n) is 6.70. The van der Waals surface area contributed by atoms with E-state index in [-0.39, 0.29) is 0 Å². The summed E-state index contributed by atoms with van der Waals surface area (Å²) in [5.41, 5.74) is 0. The summed E-state index contributed by atoms with van der Waals surface area (Å²) in [5.74, 6) is 2.49. The van der Waals surface area contributed by atoms with Crippen LogP contribution >= 0.6 is 0 Å². The highest BCUT2D eigenvalue weighted by molar-refractivity contribution is 4.80. The molecule has 0 fully saturated rings. The largest absolute Gasteiger partial charge is 0.373 e. The van der Waals surface area contributed by atoms with E-state index in [1.54, 1.807) is 0 Å². The molecule has 104 valence electrons. The van der Waals surface area contributed by atoms with Crippen LogP contribution in [-0.2, 0) is 31.9 Å². The Balaban J connectivity index is 1.70. The molecule has 0 spiro atoms. The molecule has 0 N–H and O–H groups in total. The van der Waals surface area contributed by atoms with E-state index in [0.717, 1.165) is 26.3 Å². The first-order chi connectivity index (χ1) is 9.09. The van der Waals surface area contributed by atoms with Gasteiger partial charge in [0, 0.05) is 13.8 Å². The average Bonchev–Trinajstić information content (AvgIpc) is 2.88. The molecular weight excluding hydrogens is 240 g/mol. The van der Waals surface area contributed by atoms with Crippen LogP contribution in [0.15, 0.2) is 24.8 Å². The standard InChI is InChI=1S/C14H24N4O/c1-13-15(3)5-7-17(13)9-11-19-12-10-18-8-6-16(4)14(18)2/h5-8H,9-12H2,1-4H3/q+2. The smallest absolute Gasteiger partial charge is 0.253 e. The predicted octanol–water partition coefficient (Wildman–Crippen LogP) is 0.272. The first kappa shape index (κ1) is 13.8. The van der Waals surface area contributed by atoms with Gasteiger partial charge in [-0.15, -0.1) is 0 Å². The lowest BCUT2D eigenvalue weighted by Gasteiger charge is -2.03. The molecule has 19 heavy (non-hydrogen) atoms. The Bertz CT molecular complexity index is 493. The number of imidazole rings is 2. The molecule has 2 heterocycles. The van der Waals surface area contributed by atoms with E-state index in [0.29, 0.717) is 0 Å². The normalized spacial score (nSPS) is 11.2. The fourth-order valence-corrected chi connectivity index (χ4v) is 2.10. The maximum atomic E-state index is 5.71. The van der Waals surface area contributed by atoms with Gasteiger partial charge in [-0.2, -0.15) is 0 Å². The first-order valence-corrected chi connectivity index (χ1v) is 6.70. The Kier molecular flexibility index (Phi) is 4.37. The second-order valence-corrected chi connectivity index (χ2v) is 4.91. The molecular formula is C14H24N4O+2. The number of rotatable bonds is 6. The lowest BCUT2D eigenvalue weighted by molar-refractivity contribution is -0.677. The van der Waals surface area contributed by atoms with E-state index >= 15 is 0 Å². The van der Waals surface area contributed by atoms with Gasteiger partial charge in [0.05, 0.1) is 27.3 Å². The number of hydrogen-bond donors (Lipinski definition) is 0. The molecule has 2 aromatic heterocycles. The molecule has 5 heteroatoms. The molecule has 0 saturated carbocycles. The highest BCUT2D eigenvalue weighted by Gasteiger charge is 2.09. The summed E-state index contributed by atoms with van der Waals surface area (Å²) >= 11 is 0. The Morgan fingerprint density at radius 2 is 1.32 bits per heavy atom. The van der Waals surface area contributed by atoms with Crippen LogP contribution in [0.3, 0.4) is 0 Å². The van der Waals surface area contributed by atoms with E-state index in [1.807, 2.05) is 0 Å². The van der Waals surface area contributed by atoms with Crippen LogP contribution in [0.4, 0.5) is 0 Å². The summed E-state index contributed by atoms with van der Waals surface area (Å²) in [6.45, 7) is 7.55. The predicted molar refractivity (Wildman–Crippen MR) is 71.5 cm³/mol. The quantitative estimate of drug-likeness (QED) is 0.543. The van der Waals surface area contributed by atoms with Gasteiger partial charge in [-0.25, -0.2) is 18.3 Å². The maximum Gasteiger partial charge on any atom is 0.253 e. The van der Waals surface area contributed by atoms with Gasteiger partial charge < -0.3 is 4.74 Å². The maximum absolute atomic E-state index is 5.71. The van der Waals surface area contributed by atoms with Crippen LogP contribution in [0.2, 0.25) is 0 Å². The fourth-order valence-electron chi connectivity index (χ4n) is 2.10. The van der Waals surface area contributed by atoms with Crippen LogP contribution in [-0.4, -0.2) is 22.3 Å². The van der Waals surface area contributed by atoms with Gasteiger partial charge in [0.2, 0.25) is 0 Å². The Morgan fingerprint density at radius 3 is 1.63 bits per heavy atom. The molecule has 5 nitrogen and oxygen atoms in total. The minimum atomic E-state index is 0.752. The third kappa shape index (κ3) is 3.23. The number of aromatic nitrogens is 4. The molecule has 2 rings (SSSR count). The monoisotopic (exact) mass is 264 g/mol.